The average molecular weight is 483 g/mol. The second-order valence-electron chi connectivity index (χ2n) is 10.1. The Morgan fingerprint density at radius 3 is 2.42 bits per heavy atom. The molecule has 0 bridgehead atoms. The van der Waals surface area contributed by atoms with Crippen LogP contribution in [-0.4, -0.2) is 51.2 Å². The number of anilines is 1. The van der Waals surface area contributed by atoms with E-state index in [9.17, 15) is 0 Å². The van der Waals surface area contributed by atoms with Crippen molar-refractivity contribution in [1.29, 1.82) is 0 Å². The summed E-state index contributed by atoms with van der Waals surface area (Å²) < 4.78 is 8.33. The van der Waals surface area contributed by atoms with Crippen LogP contribution in [0.15, 0.2) is 67.1 Å². The van der Waals surface area contributed by atoms with Crippen LogP contribution in [0, 0.1) is 0 Å². The molecule has 7 heteroatoms. The average Bonchev–Trinajstić information content (AvgIpc) is 3.31. The molecule has 0 amide bonds. The van der Waals surface area contributed by atoms with Crippen molar-refractivity contribution in [3.63, 3.8) is 0 Å². The smallest absolute Gasteiger partial charge is 0.146 e. The van der Waals surface area contributed by atoms with Crippen LogP contribution in [-0.2, 0) is 0 Å². The third kappa shape index (κ3) is 4.56. The number of hydrogen-bond donors (Lipinski definition) is 2. The van der Waals surface area contributed by atoms with Gasteiger partial charge in [-0.1, -0.05) is 30.3 Å². The molecule has 2 saturated heterocycles. The highest BCUT2D eigenvalue weighted by Gasteiger charge is 2.30. The largest absolute Gasteiger partial charge is 0.457 e. The number of piperidine rings is 2. The SMILES string of the molecule is C[C@H]1CC(N2CCC(n3cc(-c4ccc(Oc5ccccc5)cc4)c4c(N)ncnc43)CC2)CCN1. The Kier molecular flexibility index (Phi) is 6.34. The van der Waals surface area contributed by atoms with Gasteiger partial charge >= 0.3 is 0 Å². The standard InChI is InChI=1S/C29H34N6O/c1-20-17-23(11-14-31-20)34-15-12-22(13-16-34)35-18-26(27-28(30)32-19-33-29(27)35)21-7-9-25(10-8-21)36-24-5-3-2-4-6-24/h2-10,18-20,22-23,31H,11-17H2,1H3,(H2,30,32,33)/t20-,23?/m0/s1. The van der Waals surface area contributed by atoms with Gasteiger partial charge in [0.1, 0.15) is 29.3 Å². The molecular weight excluding hydrogens is 448 g/mol. The quantitative estimate of drug-likeness (QED) is 0.404. The molecule has 2 fully saturated rings. The Labute approximate surface area is 212 Å². The maximum Gasteiger partial charge on any atom is 0.146 e. The molecule has 7 nitrogen and oxygen atoms in total. The van der Waals surface area contributed by atoms with E-state index in [4.69, 9.17) is 10.5 Å². The van der Waals surface area contributed by atoms with Gasteiger partial charge in [0, 0.05) is 43.0 Å². The number of ether oxygens (including phenoxy) is 1. The molecule has 0 saturated carbocycles. The Bertz CT molecular complexity index is 1310. The van der Waals surface area contributed by atoms with Crippen LogP contribution in [0.1, 0.15) is 38.6 Å². The number of aromatic nitrogens is 3. The molecule has 1 unspecified atom stereocenters. The van der Waals surface area contributed by atoms with Gasteiger partial charge < -0.3 is 25.3 Å². The fraction of sp³-hybridized carbons (Fsp3) is 0.379. The summed E-state index contributed by atoms with van der Waals surface area (Å²) in [5.41, 5.74) is 9.48. The lowest BCUT2D eigenvalue weighted by atomic mass is 9.95. The number of nitrogen functional groups attached to an aromatic ring is 1. The molecule has 0 spiro atoms. The van der Waals surface area contributed by atoms with E-state index in [2.05, 4.69) is 50.0 Å². The van der Waals surface area contributed by atoms with E-state index in [1.54, 1.807) is 6.33 Å². The molecule has 0 radical (unpaired) electrons. The van der Waals surface area contributed by atoms with E-state index in [-0.39, 0.29) is 0 Å². The molecule has 6 rings (SSSR count). The zero-order valence-corrected chi connectivity index (χ0v) is 20.8. The van der Waals surface area contributed by atoms with Crippen molar-refractivity contribution >= 4 is 16.9 Å². The number of nitrogens with one attached hydrogen (secondary N) is 1. The third-order valence-electron chi connectivity index (χ3n) is 7.79. The van der Waals surface area contributed by atoms with Gasteiger partial charge in [0.05, 0.1) is 5.39 Å². The van der Waals surface area contributed by atoms with Crippen molar-refractivity contribution < 1.29 is 4.74 Å². The van der Waals surface area contributed by atoms with Gasteiger partial charge in [-0.15, -0.1) is 0 Å². The predicted molar refractivity (Wildman–Crippen MR) is 144 cm³/mol. The topological polar surface area (TPSA) is 81.2 Å². The summed E-state index contributed by atoms with van der Waals surface area (Å²) in [6, 6.07) is 19.7. The van der Waals surface area contributed by atoms with Crippen LogP contribution in [0.25, 0.3) is 22.2 Å². The van der Waals surface area contributed by atoms with E-state index in [1.807, 2.05) is 42.5 Å². The lowest BCUT2D eigenvalue weighted by molar-refractivity contribution is 0.104. The number of fused-ring (bicyclic) bond motifs is 1. The number of likely N-dealkylation sites (tertiary alicyclic amines) is 1. The number of hydrogen-bond acceptors (Lipinski definition) is 6. The van der Waals surface area contributed by atoms with Crippen molar-refractivity contribution in [3.8, 4) is 22.6 Å². The first kappa shape index (κ1) is 23.0. The summed E-state index contributed by atoms with van der Waals surface area (Å²) in [5, 5.41) is 4.51. The first-order valence-corrected chi connectivity index (χ1v) is 13.1. The Morgan fingerprint density at radius 2 is 1.67 bits per heavy atom. The molecule has 36 heavy (non-hydrogen) atoms. The van der Waals surface area contributed by atoms with E-state index < -0.39 is 0 Å². The van der Waals surface area contributed by atoms with Crippen LogP contribution in [0.2, 0.25) is 0 Å². The molecule has 4 aromatic rings. The van der Waals surface area contributed by atoms with Gasteiger partial charge in [-0.2, -0.15) is 0 Å². The van der Waals surface area contributed by atoms with Gasteiger partial charge in [0.2, 0.25) is 0 Å². The van der Waals surface area contributed by atoms with Crippen LogP contribution in [0.3, 0.4) is 0 Å². The molecule has 2 aliphatic rings. The van der Waals surface area contributed by atoms with Crippen LogP contribution < -0.4 is 15.8 Å². The molecule has 186 valence electrons. The van der Waals surface area contributed by atoms with E-state index in [0.717, 1.165) is 66.1 Å². The van der Waals surface area contributed by atoms with Gasteiger partial charge in [0.15, 0.2) is 0 Å². The van der Waals surface area contributed by atoms with Gasteiger partial charge in [-0.25, -0.2) is 9.97 Å². The molecule has 2 aliphatic heterocycles. The monoisotopic (exact) mass is 482 g/mol. The highest BCUT2D eigenvalue weighted by molar-refractivity contribution is 6.00. The van der Waals surface area contributed by atoms with Crippen LogP contribution >= 0.6 is 0 Å². The fourth-order valence-electron chi connectivity index (χ4n) is 5.90. The Balaban J connectivity index is 1.25. The van der Waals surface area contributed by atoms with Gasteiger partial charge in [-0.3, -0.25) is 0 Å². The number of nitrogens with two attached hydrogens (primary N) is 1. The van der Waals surface area contributed by atoms with Crippen molar-refractivity contribution in [2.45, 2.75) is 50.7 Å². The van der Waals surface area contributed by atoms with Crippen LogP contribution in [0.4, 0.5) is 5.82 Å². The second kappa shape index (κ2) is 9.91. The maximum absolute atomic E-state index is 6.40. The molecule has 3 N–H and O–H groups in total. The number of para-hydroxylation sites is 1. The highest BCUT2D eigenvalue weighted by Crippen LogP contribution is 2.38. The van der Waals surface area contributed by atoms with Crippen LogP contribution in [0.5, 0.6) is 11.5 Å². The summed E-state index contributed by atoms with van der Waals surface area (Å²) in [7, 11) is 0. The molecule has 2 aromatic carbocycles. The van der Waals surface area contributed by atoms with E-state index >= 15 is 0 Å². The normalized spacial score (nSPS) is 21.6. The minimum absolute atomic E-state index is 0.409. The third-order valence-corrected chi connectivity index (χ3v) is 7.79. The molecule has 2 aromatic heterocycles. The highest BCUT2D eigenvalue weighted by atomic mass is 16.5. The minimum Gasteiger partial charge on any atom is -0.457 e. The predicted octanol–water partition coefficient (Wildman–Crippen LogP) is 5.25. The lowest BCUT2D eigenvalue weighted by Crippen LogP contribution is -2.49. The Hall–Kier alpha value is -3.42. The zero-order valence-electron chi connectivity index (χ0n) is 20.8. The lowest BCUT2D eigenvalue weighted by Gasteiger charge is -2.41. The van der Waals surface area contributed by atoms with Crippen molar-refractivity contribution in [3.05, 3.63) is 67.1 Å². The van der Waals surface area contributed by atoms with Crippen molar-refractivity contribution in [1.82, 2.24) is 24.8 Å². The molecule has 2 atom stereocenters. The summed E-state index contributed by atoms with van der Waals surface area (Å²) in [6.45, 7) is 5.69. The maximum atomic E-state index is 6.40. The van der Waals surface area contributed by atoms with Gasteiger partial charge in [0.25, 0.3) is 0 Å². The first-order valence-electron chi connectivity index (χ1n) is 13.1. The Morgan fingerprint density at radius 1 is 0.917 bits per heavy atom. The molecular formula is C29H34N6O. The summed E-state index contributed by atoms with van der Waals surface area (Å²) in [6.07, 6.45) is 8.55. The number of nitrogens with zero attached hydrogens (tertiary/aromatic N) is 4. The second-order valence-corrected chi connectivity index (χ2v) is 10.1. The number of rotatable bonds is 5. The summed E-state index contributed by atoms with van der Waals surface area (Å²) >= 11 is 0. The van der Waals surface area contributed by atoms with Gasteiger partial charge in [-0.05, 0) is 69.0 Å². The van der Waals surface area contributed by atoms with E-state index in [1.165, 1.54) is 12.8 Å². The molecule has 0 aliphatic carbocycles. The van der Waals surface area contributed by atoms with Crippen molar-refractivity contribution in [2.75, 3.05) is 25.4 Å². The summed E-state index contributed by atoms with van der Waals surface area (Å²) in [4.78, 5) is 11.7. The number of benzene rings is 2. The first-order chi connectivity index (χ1) is 17.7. The summed E-state index contributed by atoms with van der Waals surface area (Å²) in [5.74, 6) is 2.15. The minimum atomic E-state index is 0.409. The zero-order chi connectivity index (χ0) is 24.5. The van der Waals surface area contributed by atoms with E-state index in [0.29, 0.717) is 23.9 Å². The fourth-order valence-corrected chi connectivity index (χ4v) is 5.90. The van der Waals surface area contributed by atoms with Crippen molar-refractivity contribution in [2.24, 2.45) is 0 Å². The molecule has 4 heterocycles.